The third kappa shape index (κ3) is 4.63. The molecule has 1 aromatic carbocycles. The number of hydrogen-bond donors (Lipinski definition) is 1. The number of aryl methyl sites for hydroxylation is 1. The van der Waals surface area contributed by atoms with Crippen molar-refractivity contribution in [2.75, 3.05) is 26.2 Å². The van der Waals surface area contributed by atoms with Crippen LogP contribution >= 0.6 is 0 Å². The summed E-state index contributed by atoms with van der Waals surface area (Å²) >= 11 is 0. The lowest BCUT2D eigenvalue weighted by Gasteiger charge is -2.30. The topological polar surface area (TPSA) is 80.1 Å². The molecule has 2 aromatic rings. The number of nitrogens with zero attached hydrogens (tertiary/aromatic N) is 4. The van der Waals surface area contributed by atoms with Gasteiger partial charge in [-0.15, -0.1) is 5.10 Å². The van der Waals surface area contributed by atoms with Crippen LogP contribution in [0.25, 0.3) is 10.9 Å². The number of carbonyl (C=O) groups is 1. The van der Waals surface area contributed by atoms with Crippen LogP contribution in [-0.2, 0) is 11.3 Å². The lowest BCUT2D eigenvalue weighted by molar-refractivity contribution is -0.121. The van der Waals surface area contributed by atoms with Gasteiger partial charge < -0.3 is 10.2 Å². The molecule has 0 aliphatic carbocycles. The predicted molar refractivity (Wildman–Crippen MR) is 96.3 cm³/mol. The van der Waals surface area contributed by atoms with Gasteiger partial charge in [-0.25, -0.2) is 4.68 Å². The summed E-state index contributed by atoms with van der Waals surface area (Å²) in [7, 11) is 0. The fraction of sp³-hybridized carbons (Fsp3) is 0.556. The molecule has 0 saturated carbocycles. The van der Waals surface area contributed by atoms with Crippen molar-refractivity contribution in [3.8, 4) is 0 Å². The molecule has 7 nitrogen and oxygen atoms in total. The zero-order chi connectivity index (χ0) is 17.6. The van der Waals surface area contributed by atoms with E-state index in [1.165, 1.54) is 17.5 Å². The van der Waals surface area contributed by atoms with Crippen molar-refractivity contribution in [1.82, 2.24) is 25.2 Å². The Kier molecular flexibility index (Phi) is 5.75. The zero-order valence-corrected chi connectivity index (χ0v) is 14.6. The van der Waals surface area contributed by atoms with Gasteiger partial charge in [0.25, 0.3) is 5.56 Å². The van der Waals surface area contributed by atoms with Gasteiger partial charge in [0.05, 0.1) is 11.9 Å². The number of hydrogen-bond acceptors (Lipinski definition) is 5. The van der Waals surface area contributed by atoms with Crippen LogP contribution in [0.3, 0.4) is 0 Å². The predicted octanol–water partition coefficient (Wildman–Crippen LogP) is 1.03. The fourth-order valence-electron chi connectivity index (χ4n) is 3.31. The molecule has 2 heterocycles. The highest BCUT2D eigenvalue weighted by molar-refractivity contribution is 5.77. The van der Waals surface area contributed by atoms with Gasteiger partial charge in [-0.2, -0.15) is 0 Å². The number of carbonyl (C=O) groups excluding carboxylic acids is 1. The van der Waals surface area contributed by atoms with Crippen LogP contribution in [0.15, 0.2) is 29.1 Å². The normalized spacial score (nSPS) is 18.4. The first-order valence-electron chi connectivity index (χ1n) is 8.95. The summed E-state index contributed by atoms with van der Waals surface area (Å²) < 4.78 is 1.26. The van der Waals surface area contributed by atoms with E-state index >= 15 is 0 Å². The Balaban J connectivity index is 1.46. The SMILES string of the molecule is CC1CCCN(CCNC(=O)CCn2nnc3ccccc3c2=O)C1. The van der Waals surface area contributed by atoms with Gasteiger partial charge >= 0.3 is 0 Å². The third-order valence-electron chi connectivity index (χ3n) is 4.67. The average Bonchev–Trinajstić information content (AvgIpc) is 2.61. The first kappa shape index (κ1) is 17.5. The highest BCUT2D eigenvalue weighted by atomic mass is 16.2. The first-order chi connectivity index (χ1) is 12.1. The zero-order valence-electron chi connectivity index (χ0n) is 14.6. The molecule has 1 fully saturated rings. The summed E-state index contributed by atoms with van der Waals surface area (Å²) in [6.07, 6.45) is 2.76. The van der Waals surface area contributed by atoms with Crippen LogP contribution in [0.1, 0.15) is 26.2 Å². The molecular formula is C18H25N5O2. The highest BCUT2D eigenvalue weighted by Crippen LogP contribution is 2.14. The van der Waals surface area contributed by atoms with Crippen molar-refractivity contribution < 1.29 is 4.79 Å². The second-order valence-electron chi connectivity index (χ2n) is 6.78. The van der Waals surface area contributed by atoms with Gasteiger partial charge in [-0.1, -0.05) is 24.3 Å². The van der Waals surface area contributed by atoms with E-state index in [2.05, 4.69) is 27.5 Å². The Bertz CT molecular complexity index is 788. The summed E-state index contributed by atoms with van der Waals surface area (Å²) in [4.78, 5) is 26.7. The van der Waals surface area contributed by atoms with Gasteiger partial charge in [-0.05, 0) is 37.4 Å². The maximum absolute atomic E-state index is 12.3. The first-order valence-corrected chi connectivity index (χ1v) is 8.95. The maximum Gasteiger partial charge on any atom is 0.277 e. The molecule has 0 bridgehead atoms. The highest BCUT2D eigenvalue weighted by Gasteiger charge is 2.15. The lowest BCUT2D eigenvalue weighted by Crippen LogP contribution is -2.40. The van der Waals surface area contributed by atoms with Crippen LogP contribution in [0, 0.1) is 5.92 Å². The van der Waals surface area contributed by atoms with Crippen molar-refractivity contribution in [2.24, 2.45) is 5.92 Å². The van der Waals surface area contributed by atoms with Crippen LogP contribution in [0.5, 0.6) is 0 Å². The number of nitrogens with one attached hydrogen (secondary N) is 1. The maximum atomic E-state index is 12.3. The van der Waals surface area contributed by atoms with Gasteiger partial charge in [0.2, 0.25) is 5.91 Å². The summed E-state index contributed by atoms with van der Waals surface area (Å²) in [5.74, 6) is 0.676. The van der Waals surface area contributed by atoms with Crippen molar-refractivity contribution in [3.63, 3.8) is 0 Å². The van der Waals surface area contributed by atoms with Crippen LogP contribution < -0.4 is 10.9 Å². The van der Waals surface area contributed by atoms with Crippen molar-refractivity contribution in [1.29, 1.82) is 0 Å². The van der Waals surface area contributed by atoms with Crippen molar-refractivity contribution >= 4 is 16.8 Å². The number of fused-ring (bicyclic) bond motifs is 1. The standard InChI is InChI=1S/C18H25N5O2/c1-14-5-4-10-22(13-14)12-9-19-17(24)8-11-23-18(25)15-6-2-3-7-16(15)20-21-23/h2-3,6-7,14H,4-5,8-13H2,1H3,(H,19,24). The Morgan fingerprint density at radius 3 is 3.00 bits per heavy atom. The van der Waals surface area contributed by atoms with Gasteiger partial charge in [0.1, 0.15) is 5.52 Å². The number of piperidine rings is 1. The largest absolute Gasteiger partial charge is 0.355 e. The van der Waals surface area contributed by atoms with E-state index in [0.717, 1.165) is 25.6 Å². The van der Waals surface area contributed by atoms with E-state index in [1.54, 1.807) is 18.2 Å². The average molecular weight is 343 g/mol. The fourth-order valence-corrected chi connectivity index (χ4v) is 3.31. The molecule has 1 atom stereocenters. The Morgan fingerprint density at radius 2 is 2.16 bits per heavy atom. The van der Waals surface area contributed by atoms with Crippen molar-refractivity contribution in [2.45, 2.75) is 32.7 Å². The molecule has 1 aromatic heterocycles. The van der Waals surface area contributed by atoms with Gasteiger partial charge in [0.15, 0.2) is 0 Å². The Hall–Kier alpha value is -2.28. The number of aromatic nitrogens is 3. The molecule has 0 radical (unpaired) electrons. The Labute approximate surface area is 147 Å². The van der Waals surface area contributed by atoms with E-state index in [9.17, 15) is 9.59 Å². The third-order valence-corrected chi connectivity index (χ3v) is 4.67. The minimum atomic E-state index is -0.208. The van der Waals surface area contributed by atoms with Crippen LogP contribution in [-0.4, -0.2) is 52.0 Å². The number of benzene rings is 1. The quantitative estimate of drug-likeness (QED) is 0.847. The molecule has 1 amide bonds. The molecule has 3 rings (SSSR count). The van der Waals surface area contributed by atoms with E-state index in [0.29, 0.717) is 17.4 Å². The summed E-state index contributed by atoms with van der Waals surface area (Å²) in [5, 5.41) is 11.4. The molecule has 1 aliphatic rings. The summed E-state index contributed by atoms with van der Waals surface area (Å²) in [5.41, 5.74) is 0.365. The van der Waals surface area contributed by atoms with Crippen LogP contribution in [0.4, 0.5) is 0 Å². The Morgan fingerprint density at radius 1 is 1.32 bits per heavy atom. The molecule has 1 N–H and O–H groups in total. The molecule has 25 heavy (non-hydrogen) atoms. The molecule has 134 valence electrons. The molecule has 1 unspecified atom stereocenters. The van der Waals surface area contributed by atoms with E-state index in [4.69, 9.17) is 0 Å². The molecule has 7 heteroatoms. The second-order valence-corrected chi connectivity index (χ2v) is 6.78. The van der Waals surface area contributed by atoms with E-state index in [-0.39, 0.29) is 24.4 Å². The summed E-state index contributed by atoms with van der Waals surface area (Å²) in [6.45, 7) is 6.26. The molecule has 1 aliphatic heterocycles. The van der Waals surface area contributed by atoms with E-state index in [1.807, 2.05) is 6.07 Å². The molecule has 0 spiro atoms. The minimum Gasteiger partial charge on any atom is -0.355 e. The monoisotopic (exact) mass is 343 g/mol. The van der Waals surface area contributed by atoms with Crippen LogP contribution in [0.2, 0.25) is 0 Å². The minimum absolute atomic E-state index is 0.0630. The number of likely N-dealkylation sites (tertiary alicyclic amines) is 1. The number of amides is 1. The number of rotatable bonds is 6. The van der Waals surface area contributed by atoms with Crippen molar-refractivity contribution in [3.05, 3.63) is 34.6 Å². The smallest absolute Gasteiger partial charge is 0.277 e. The molecule has 1 saturated heterocycles. The lowest BCUT2D eigenvalue weighted by atomic mass is 10.0. The summed E-state index contributed by atoms with van der Waals surface area (Å²) in [6, 6.07) is 7.09. The van der Waals surface area contributed by atoms with E-state index < -0.39 is 0 Å². The second kappa shape index (κ2) is 8.20. The van der Waals surface area contributed by atoms with Gasteiger partial charge in [0, 0.05) is 26.1 Å². The molecular weight excluding hydrogens is 318 g/mol. The van der Waals surface area contributed by atoms with Gasteiger partial charge in [-0.3, -0.25) is 9.59 Å².